The average Bonchev–Trinajstić information content (AvgIpc) is 2.48. The molecule has 0 amide bonds. The minimum absolute atomic E-state index is 0.0129. The van der Waals surface area contributed by atoms with Crippen LogP contribution in [0.2, 0.25) is 0 Å². The number of rotatable bonds is 3. The molecular weight excluding hydrogens is 337 g/mol. The molecule has 1 aromatic rings. The van der Waals surface area contributed by atoms with Crippen LogP contribution in [0, 0.1) is 0 Å². The quantitative estimate of drug-likeness (QED) is 0.762. The van der Waals surface area contributed by atoms with E-state index in [0.29, 0.717) is 11.4 Å². The van der Waals surface area contributed by atoms with Crippen molar-refractivity contribution in [2.45, 2.75) is 30.0 Å². The number of carboxylic acids is 1. The Hall–Kier alpha value is -1.65. The van der Waals surface area contributed by atoms with Gasteiger partial charge in [0.2, 0.25) is 10.0 Å². The van der Waals surface area contributed by atoms with Gasteiger partial charge in [-0.2, -0.15) is 13.2 Å². The second-order valence-electron chi connectivity index (χ2n) is 4.78. The summed E-state index contributed by atoms with van der Waals surface area (Å²) in [6.45, 7) is 1.69. The maximum atomic E-state index is 12.0. The predicted molar refractivity (Wildman–Crippen MR) is 76.3 cm³/mol. The molecule has 1 aliphatic heterocycles. The van der Waals surface area contributed by atoms with Crippen LogP contribution < -0.4 is 10.0 Å². The lowest BCUT2D eigenvalue weighted by molar-refractivity contribution is -0.192. The van der Waals surface area contributed by atoms with Gasteiger partial charge in [-0.05, 0) is 31.5 Å². The third-order valence-electron chi connectivity index (χ3n) is 2.91. The van der Waals surface area contributed by atoms with E-state index in [1.807, 2.05) is 0 Å². The van der Waals surface area contributed by atoms with Crippen LogP contribution in [-0.2, 0) is 14.8 Å². The number of carboxylic acid groups (broad SMARTS) is 1. The van der Waals surface area contributed by atoms with E-state index in [1.165, 1.54) is 0 Å². The molecule has 0 aliphatic carbocycles. The zero-order valence-corrected chi connectivity index (χ0v) is 12.8. The molecule has 1 atom stereocenters. The number of hydrogen-bond donors (Lipinski definition) is 3. The van der Waals surface area contributed by atoms with Crippen molar-refractivity contribution >= 4 is 16.0 Å². The van der Waals surface area contributed by atoms with E-state index in [0.717, 1.165) is 19.4 Å². The fraction of sp³-hybridized carbons (Fsp3) is 0.462. The van der Waals surface area contributed by atoms with E-state index < -0.39 is 22.2 Å². The van der Waals surface area contributed by atoms with Gasteiger partial charge in [-0.1, -0.05) is 18.2 Å². The van der Waals surface area contributed by atoms with Crippen LogP contribution in [0.5, 0.6) is 0 Å². The Morgan fingerprint density at radius 1 is 1.26 bits per heavy atom. The molecule has 3 N–H and O–H groups in total. The molecule has 0 spiro atoms. The number of piperidine rings is 1. The first-order valence-corrected chi connectivity index (χ1v) is 8.19. The molecule has 1 unspecified atom stereocenters. The summed E-state index contributed by atoms with van der Waals surface area (Å²) in [6.07, 6.45) is -3.17. The molecule has 6 nitrogen and oxygen atoms in total. The summed E-state index contributed by atoms with van der Waals surface area (Å²) in [6, 6.07) is 8.50. The van der Waals surface area contributed by atoms with E-state index in [2.05, 4.69) is 10.0 Å². The standard InChI is InChI=1S/C11H16N2O2S.C2HF3O2/c14-16(15,11-6-2-1-3-7-11)13-10-5-4-8-12-9-10;3-2(4,5)1(6)7/h1-3,6-7,10,12-13H,4-5,8-9H2;(H,6,7). The lowest BCUT2D eigenvalue weighted by Gasteiger charge is -2.23. The van der Waals surface area contributed by atoms with Crippen molar-refractivity contribution in [1.82, 2.24) is 10.0 Å². The Balaban J connectivity index is 0.000000322. The van der Waals surface area contributed by atoms with Gasteiger partial charge < -0.3 is 10.4 Å². The lowest BCUT2D eigenvalue weighted by atomic mass is 10.1. The van der Waals surface area contributed by atoms with Crippen LogP contribution in [0.1, 0.15) is 12.8 Å². The molecule has 1 saturated heterocycles. The molecule has 1 heterocycles. The summed E-state index contributed by atoms with van der Waals surface area (Å²) in [5.41, 5.74) is 0. The second kappa shape index (κ2) is 8.27. The van der Waals surface area contributed by atoms with Gasteiger partial charge in [0.25, 0.3) is 0 Å². The van der Waals surface area contributed by atoms with Crippen LogP contribution in [0.25, 0.3) is 0 Å². The Morgan fingerprint density at radius 3 is 2.26 bits per heavy atom. The first-order chi connectivity index (χ1) is 10.6. The molecular formula is C13H17F3N2O4S. The van der Waals surface area contributed by atoms with Gasteiger partial charge in [0.05, 0.1) is 4.90 Å². The van der Waals surface area contributed by atoms with Crippen LogP contribution in [0.4, 0.5) is 13.2 Å². The van der Waals surface area contributed by atoms with Crippen LogP contribution in [-0.4, -0.2) is 44.8 Å². The Morgan fingerprint density at radius 2 is 1.83 bits per heavy atom. The maximum absolute atomic E-state index is 12.0. The Labute approximate surface area is 131 Å². The van der Waals surface area contributed by atoms with Crippen LogP contribution in [0.3, 0.4) is 0 Å². The highest BCUT2D eigenvalue weighted by Crippen LogP contribution is 2.13. The zero-order chi connectivity index (χ0) is 17.5. The average molecular weight is 354 g/mol. The van der Waals surface area contributed by atoms with Crippen molar-refractivity contribution in [3.05, 3.63) is 30.3 Å². The topological polar surface area (TPSA) is 95.5 Å². The fourth-order valence-corrected chi connectivity index (χ4v) is 3.13. The van der Waals surface area contributed by atoms with Gasteiger partial charge in [-0.15, -0.1) is 0 Å². The van der Waals surface area contributed by atoms with Gasteiger partial charge in [-0.3, -0.25) is 0 Å². The normalized spacial score (nSPS) is 18.7. The minimum Gasteiger partial charge on any atom is -0.475 e. The molecule has 2 rings (SSSR count). The van der Waals surface area contributed by atoms with Gasteiger partial charge in [0.1, 0.15) is 0 Å². The van der Waals surface area contributed by atoms with Gasteiger partial charge in [0.15, 0.2) is 0 Å². The number of nitrogens with one attached hydrogen (secondary N) is 2. The van der Waals surface area contributed by atoms with Gasteiger partial charge >= 0.3 is 12.1 Å². The van der Waals surface area contributed by atoms with E-state index in [9.17, 15) is 21.6 Å². The summed E-state index contributed by atoms with van der Waals surface area (Å²) >= 11 is 0. The molecule has 1 aliphatic rings. The van der Waals surface area contributed by atoms with E-state index >= 15 is 0 Å². The first-order valence-electron chi connectivity index (χ1n) is 6.71. The van der Waals surface area contributed by atoms with Gasteiger partial charge in [-0.25, -0.2) is 17.9 Å². The molecule has 130 valence electrons. The predicted octanol–water partition coefficient (Wildman–Crippen LogP) is 1.35. The highest BCUT2D eigenvalue weighted by atomic mass is 32.2. The molecule has 0 saturated carbocycles. The van der Waals surface area contributed by atoms with Gasteiger partial charge in [0, 0.05) is 12.6 Å². The summed E-state index contributed by atoms with van der Waals surface area (Å²) < 4.78 is 58.4. The number of hydrogen-bond acceptors (Lipinski definition) is 4. The summed E-state index contributed by atoms with van der Waals surface area (Å²) in [5.74, 6) is -2.76. The molecule has 23 heavy (non-hydrogen) atoms. The Kier molecular flexibility index (Phi) is 6.98. The number of halogens is 3. The number of alkyl halides is 3. The molecule has 0 aromatic heterocycles. The Bertz CT molecular complexity index is 599. The molecule has 1 fully saturated rings. The van der Waals surface area contributed by atoms with Crippen molar-refractivity contribution in [2.75, 3.05) is 13.1 Å². The van der Waals surface area contributed by atoms with Crippen molar-refractivity contribution in [2.24, 2.45) is 0 Å². The largest absolute Gasteiger partial charge is 0.490 e. The first kappa shape index (κ1) is 19.4. The van der Waals surface area contributed by atoms with E-state index in [1.54, 1.807) is 30.3 Å². The summed E-state index contributed by atoms with van der Waals surface area (Å²) in [4.78, 5) is 9.23. The number of benzene rings is 1. The molecule has 0 radical (unpaired) electrons. The smallest absolute Gasteiger partial charge is 0.475 e. The number of carbonyl (C=O) groups is 1. The van der Waals surface area contributed by atoms with Crippen molar-refractivity contribution in [3.8, 4) is 0 Å². The number of aliphatic carboxylic acids is 1. The van der Waals surface area contributed by atoms with Crippen LogP contribution in [0.15, 0.2) is 35.2 Å². The second-order valence-corrected chi connectivity index (χ2v) is 6.49. The summed E-state index contributed by atoms with van der Waals surface area (Å²) in [7, 11) is -3.35. The number of sulfonamides is 1. The summed E-state index contributed by atoms with van der Waals surface area (Å²) in [5, 5.41) is 10.3. The SMILES string of the molecule is O=C(O)C(F)(F)F.O=S(=O)(NC1CCCNC1)c1ccccc1. The maximum Gasteiger partial charge on any atom is 0.490 e. The fourth-order valence-electron chi connectivity index (χ4n) is 1.84. The highest BCUT2D eigenvalue weighted by Gasteiger charge is 2.38. The lowest BCUT2D eigenvalue weighted by Crippen LogP contribution is -2.45. The van der Waals surface area contributed by atoms with Crippen molar-refractivity contribution < 1.29 is 31.5 Å². The highest BCUT2D eigenvalue weighted by molar-refractivity contribution is 7.89. The molecule has 10 heteroatoms. The van der Waals surface area contributed by atoms with Crippen molar-refractivity contribution in [1.29, 1.82) is 0 Å². The van der Waals surface area contributed by atoms with Crippen LogP contribution >= 0.6 is 0 Å². The molecule has 1 aromatic carbocycles. The van der Waals surface area contributed by atoms with E-state index in [-0.39, 0.29) is 6.04 Å². The monoisotopic (exact) mass is 354 g/mol. The third kappa shape index (κ3) is 6.97. The van der Waals surface area contributed by atoms with E-state index in [4.69, 9.17) is 9.90 Å². The zero-order valence-electron chi connectivity index (χ0n) is 12.0. The van der Waals surface area contributed by atoms with Crippen molar-refractivity contribution in [3.63, 3.8) is 0 Å². The minimum atomic E-state index is -5.08. The molecule has 0 bridgehead atoms. The third-order valence-corrected chi connectivity index (χ3v) is 4.45.